The number of hydrogen-bond acceptors (Lipinski definition) is 8. The molecule has 0 fully saturated rings. The van der Waals surface area contributed by atoms with E-state index >= 15 is 0 Å². The molecule has 0 unspecified atom stereocenters. The van der Waals surface area contributed by atoms with E-state index in [4.69, 9.17) is 28.4 Å². The van der Waals surface area contributed by atoms with E-state index in [-0.39, 0.29) is 0 Å². The van der Waals surface area contributed by atoms with E-state index < -0.39 is 0 Å². The number of pyridine rings is 2. The van der Waals surface area contributed by atoms with Crippen molar-refractivity contribution in [2.75, 3.05) is 42.7 Å². The molecule has 0 spiro atoms. The molecular formula is C42H32N2O6. The molecular weight excluding hydrogens is 628 g/mol. The van der Waals surface area contributed by atoms with E-state index in [9.17, 15) is 0 Å². The Bertz CT molecular complexity index is 2120. The van der Waals surface area contributed by atoms with Gasteiger partial charge in [-0.25, -0.2) is 9.97 Å². The van der Waals surface area contributed by atoms with Crippen LogP contribution in [0, 0.1) is 47.4 Å². The Morgan fingerprint density at radius 1 is 0.340 bits per heavy atom. The summed E-state index contributed by atoms with van der Waals surface area (Å²) in [6, 6.07) is 25.4. The van der Waals surface area contributed by atoms with E-state index in [0.717, 1.165) is 0 Å². The fourth-order valence-electron chi connectivity index (χ4n) is 4.59. The molecule has 0 aliphatic carbocycles. The first kappa shape index (κ1) is 34.3. The highest BCUT2D eigenvalue weighted by Gasteiger charge is 2.09. The predicted molar refractivity (Wildman–Crippen MR) is 191 cm³/mol. The van der Waals surface area contributed by atoms with E-state index in [1.165, 1.54) is 0 Å². The number of methoxy groups -OCH3 is 6. The molecule has 0 N–H and O–H groups in total. The highest BCUT2D eigenvalue weighted by Crippen LogP contribution is 2.28. The summed E-state index contributed by atoms with van der Waals surface area (Å²) in [5, 5.41) is 0. The Labute approximate surface area is 292 Å². The first-order chi connectivity index (χ1) is 24.5. The van der Waals surface area contributed by atoms with Gasteiger partial charge in [-0.2, -0.15) is 0 Å². The normalized spacial score (nSPS) is 9.56. The maximum absolute atomic E-state index is 5.66. The van der Waals surface area contributed by atoms with Gasteiger partial charge in [-0.1, -0.05) is 35.8 Å². The lowest BCUT2D eigenvalue weighted by atomic mass is 10.1. The fourth-order valence-corrected chi connectivity index (χ4v) is 4.59. The van der Waals surface area contributed by atoms with Gasteiger partial charge in [0.1, 0.15) is 57.3 Å². The number of rotatable bonds is 6. The summed E-state index contributed by atoms with van der Waals surface area (Å²) in [4.78, 5) is 9.18. The van der Waals surface area contributed by atoms with Crippen molar-refractivity contribution < 1.29 is 28.4 Å². The van der Waals surface area contributed by atoms with Gasteiger partial charge in [0.15, 0.2) is 0 Å². The number of benzene rings is 3. The zero-order valence-electron chi connectivity index (χ0n) is 28.4. The molecule has 0 radical (unpaired) electrons. The van der Waals surface area contributed by atoms with Crippen molar-refractivity contribution in [1.82, 2.24) is 9.97 Å². The molecule has 0 aliphatic rings. The van der Waals surface area contributed by atoms with Crippen molar-refractivity contribution in [2.45, 2.75) is 0 Å². The van der Waals surface area contributed by atoms with E-state index in [0.29, 0.717) is 79.5 Å². The van der Waals surface area contributed by atoms with Crippen LogP contribution < -0.4 is 28.4 Å². The third-order valence-corrected chi connectivity index (χ3v) is 7.13. The standard InChI is InChI=1S/C42H32N2O6/c1-45-37-21-23-39(47-3)29(25-37)13-17-33-9-7-11-35(43-33)19-15-31-27-42(50-6)32(28-41(31)49-5)16-20-36-12-8-10-34(44-36)18-14-30-26-38(46-2)22-24-40(30)48-4/h7-12,21-28H,1-6H3. The smallest absolute Gasteiger partial charge is 0.136 e. The lowest BCUT2D eigenvalue weighted by molar-refractivity contribution is 0.401. The summed E-state index contributed by atoms with van der Waals surface area (Å²) in [5.41, 5.74) is 4.79. The molecule has 2 aromatic heterocycles. The molecule has 5 rings (SSSR count). The van der Waals surface area contributed by atoms with Crippen LogP contribution >= 0.6 is 0 Å². The zero-order valence-corrected chi connectivity index (χ0v) is 28.4. The fraction of sp³-hybridized carbons (Fsp3) is 0.143. The second kappa shape index (κ2) is 16.7. The van der Waals surface area contributed by atoms with Crippen LogP contribution in [0.15, 0.2) is 84.9 Å². The predicted octanol–water partition coefficient (Wildman–Crippen LogP) is 6.13. The summed E-state index contributed by atoms with van der Waals surface area (Å²) in [6.45, 7) is 0. The number of ether oxygens (including phenoxy) is 6. The summed E-state index contributed by atoms with van der Waals surface area (Å²) >= 11 is 0. The summed E-state index contributed by atoms with van der Waals surface area (Å²) < 4.78 is 32.8. The van der Waals surface area contributed by atoms with Crippen molar-refractivity contribution >= 4 is 0 Å². The minimum absolute atomic E-state index is 0.531. The third-order valence-electron chi connectivity index (χ3n) is 7.13. The molecule has 0 amide bonds. The Kier molecular flexibility index (Phi) is 11.5. The topological polar surface area (TPSA) is 81.2 Å². The number of hydrogen-bond donors (Lipinski definition) is 0. The largest absolute Gasteiger partial charge is 0.497 e. The van der Waals surface area contributed by atoms with Gasteiger partial charge in [0, 0.05) is 12.1 Å². The molecule has 0 saturated heterocycles. The first-order valence-corrected chi connectivity index (χ1v) is 15.2. The minimum atomic E-state index is 0.531. The molecule has 8 nitrogen and oxygen atoms in total. The van der Waals surface area contributed by atoms with E-state index in [1.54, 1.807) is 54.8 Å². The SMILES string of the molecule is COc1ccc(OC)c(C#Cc2cccc(C#Cc3cc(OC)c(C#Cc4cccc(C#Cc5cc(OC)ccc5OC)n4)cc3OC)n2)c1. The maximum Gasteiger partial charge on any atom is 0.136 e. The second-order valence-corrected chi connectivity index (χ2v) is 10.2. The van der Waals surface area contributed by atoms with Crippen LogP contribution in [0.25, 0.3) is 0 Å². The lowest BCUT2D eigenvalue weighted by Crippen LogP contribution is -1.95. The van der Waals surface area contributed by atoms with Gasteiger partial charge in [-0.3, -0.25) is 0 Å². The van der Waals surface area contributed by atoms with Crippen molar-refractivity contribution in [1.29, 1.82) is 0 Å². The van der Waals surface area contributed by atoms with Crippen molar-refractivity contribution in [3.8, 4) is 81.9 Å². The molecule has 0 atom stereocenters. The summed E-state index contributed by atoms with van der Waals surface area (Å²) in [5.74, 6) is 28.6. The minimum Gasteiger partial charge on any atom is -0.497 e. The Hall–Kier alpha value is -7.00. The van der Waals surface area contributed by atoms with Crippen LogP contribution in [-0.4, -0.2) is 52.6 Å². The first-order valence-electron chi connectivity index (χ1n) is 15.2. The monoisotopic (exact) mass is 660 g/mol. The van der Waals surface area contributed by atoms with Gasteiger partial charge in [0.25, 0.3) is 0 Å². The Morgan fingerprint density at radius 3 is 0.960 bits per heavy atom. The van der Waals surface area contributed by atoms with Gasteiger partial charge in [0.2, 0.25) is 0 Å². The molecule has 8 heteroatoms. The average molecular weight is 661 g/mol. The van der Waals surface area contributed by atoms with E-state index in [2.05, 4.69) is 57.3 Å². The highest BCUT2D eigenvalue weighted by atomic mass is 16.5. The van der Waals surface area contributed by atoms with Crippen LogP contribution in [0.3, 0.4) is 0 Å². The van der Waals surface area contributed by atoms with Crippen LogP contribution in [-0.2, 0) is 0 Å². The molecule has 0 aliphatic heterocycles. The molecule has 50 heavy (non-hydrogen) atoms. The number of nitrogens with zero attached hydrogens (tertiary/aromatic N) is 2. The summed E-state index contributed by atoms with van der Waals surface area (Å²) in [7, 11) is 9.55. The molecule has 5 aromatic rings. The molecule has 0 saturated carbocycles. The van der Waals surface area contributed by atoms with Gasteiger partial charge >= 0.3 is 0 Å². The highest BCUT2D eigenvalue weighted by molar-refractivity contribution is 5.60. The quantitative estimate of drug-likeness (QED) is 0.202. The molecule has 246 valence electrons. The average Bonchev–Trinajstić information content (AvgIpc) is 3.17. The van der Waals surface area contributed by atoms with Gasteiger partial charge < -0.3 is 28.4 Å². The van der Waals surface area contributed by atoms with Gasteiger partial charge in [-0.05, 0) is 84.3 Å². The van der Waals surface area contributed by atoms with Crippen LogP contribution in [0.2, 0.25) is 0 Å². The summed E-state index contributed by atoms with van der Waals surface area (Å²) in [6.07, 6.45) is 0. The molecule has 3 aromatic carbocycles. The zero-order chi connectivity index (χ0) is 35.3. The van der Waals surface area contributed by atoms with Crippen LogP contribution in [0.4, 0.5) is 0 Å². The lowest BCUT2D eigenvalue weighted by Gasteiger charge is -2.09. The Morgan fingerprint density at radius 2 is 0.660 bits per heavy atom. The van der Waals surface area contributed by atoms with Crippen molar-refractivity contribution in [2.24, 2.45) is 0 Å². The van der Waals surface area contributed by atoms with Crippen LogP contribution in [0.5, 0.6) is 34.5 Å². The van der Waals surface area contributed by atoms with Gasteiger partial charge in [0.05, 0.1) is 64.9 Å². The van der Waals surface area contributed by atoms with Crippen molar-refractivity contribution in [3.05, 3.63) is 130 Å². The molecule has 2 heterocycles. The van der Waals surface area contributed by atoms with Crippen LogP contribution in [0.1, 0.15) is 45.0 Å². The maximum atomic E-state index is 5.66. The third kappa shape index (κ3) is 8.67. The van der Waals surface area contributed by atoms with Gasteiger partial charge in [-0.15, -0.1) is 0 Å². The van der Waals surface area contributed by atoms with Crippen molar-refractivity contribution in [3.63, 3.8) is 0 Å². The Balaban J connectivity index is 1.39. The van der Waals surface area contributed by atoms with E-state index in [1.807, 2.05) is 72.8 Å². The number of aromatic nitrogens is 2. The molecule has 0 bridgehead atoms. The second-order valence-electron chi connectivity index (χ2n) is 10.2.